The molecule has 1 fully saturated rings. The summed E-state index contributed by atoms with van der Waals surface area (Å²) in [6, 6.07) is 0. The van der Waals surface area contributed by atoms with E-state index < -0.39 is 5.60 Å². The summed E-state index contributed by atoms with van der Waals surface area (Å²) in [5, 5.41) is 12.8. The number of likely N-dealkylation sites (N-methyl/N-ethyl adjacent to an activating group) is 1. The van der Waals surface area contributed by atoms with E-state index in [0.29, 0.717) is 13.1 Å². The molecule has 1 saturated carbocycles. The van der Waals surface area contributed by atoms with Gasteiger partial charge < -0.3 is 15.3 Å². The quantitative estimate of drug-likeness (QED) is 0.671. The number of aliphatic hydroxyl groups is 1. The second-order valence-corrected chi connectivity index (χ2v) is 4.25. The predicted molar refractivity (Wildman–Crippen MR) is 59.6 cm³/mol. The highest BCUT2D eigenvalue weighted by molar-refractivity contribution is 5.78. The normalized spacial score (nSPS) is 18.3. The van der Waals surface area contributed by atoms with Gasteiger partial charge in [0.05, 0.1) is 12.1 Å². The molecule has 1 amide bonds. The molecule has 0 bridgehead atoms. The zero-order valence-electron chi connectivity index (χ0n) is 9.75. The van der Waals surface area contributed by atoms with Gasteiger partial charge in [-0.15, -0.1) is 0 Å². The van der Waals surface area contributed by atoms with E-state index in [4.69, 9.17) is 0 Å². The van der Waals surface area contributed by atoms with Crippen LogP contribution in [-0.4, -0.2) is 47.7 Å². The van der Waals surface area contributed by atoms with Gasteiger partial charge in [-0.3, -0.25) is 4.79 Å². The molecule has 4 heteroatoms. The monoisotopic (exact) mass is 214 g/mol. The van der Waals surface area contributed by atoms with E-state index in [1.54, 1.807) is 4.90 Å². The van der Waals surface area contributed by atoms with Crippen molar-refractivity contribution in [1.82, 2.24) is 10.2 Å². The van der Waals surface area contributed by atoms with E-state index in [1.165, 1.54) is 0 Å². The first-order chi connectivity index (χ1) is 7.11. The van der Waals surface area contributed by atoms with Gasteiger partial charge in [-0.05, 0) is 33.1 Å². The topological polar surface area (TPSA) is 52.6 Å². The van der Waals surface area contributed by atoms with Crippen LogP contribution in [0.15, 0.2) is 0 Å². The number of carbonyl (C=O) groups is 1. The molecule has 4 nitrogen and oxygen atoms in total. The Morgan fingerprint density at radius 1 is 1.40 bits per heavy atom. The summed E-state index contributed by atoms with van der Waals surface area (Å²) in [4.78, 5) is 13.4. The first-order valence-electron chi connectivity index (χ1n) is 5.82. The van der Waals surface area contributed by atoms with Crippen LogP contribution in [0.2, 0.25) is 0 Å². The lowest BCUT2D eigenvalue weighted by Gasteiger charge is -2.36. The minimum absolute atomic E-state index is 0.114. The minimum Gasteiger partial charge on any atom is -0.389 e. The number of nitrogens with one attached hydrogen (secondary N) is 1. The lowest BCUT2D eigenvalue weighted by molar-refractivity contribution is -0.130. The number of hydrogen-bond donors (Lipinski definition) is 2. The highest BCUT2D eigenvalue weighted by atomic mass is 16.3. The Bertz CT molecular complexity index is 211. The average Bonchev–Trinajstić information content (AvgIpc) is 2.17. The minimum atomic E-state index is -0.538. The smallest absolute Gasteiger partial charge is 0.236 e. The Morgan fingerprint density at radius 2 is 2.00 bits per heavy atom. The molecule has 88 valence electrons. The number of carbonyl (C=O) groups excluding carboxylic acids is 1. The van der Waals surface area contributed by atoms with Gasteiger partial charge in [0.15, 0.2) is 0 Å². The summed E-state index contributed by atoms with van der Waals surface area (Å²) < 4.78 is 0. The van der Waals surface area contributed by atoms with Gasteiger partial charge in [-0.25, -0.2) is 0 Å². The lowest BCUT2D eigenvalue weighted by atomic mass is 9.80. The van der Waals surface area contributed by atoms with Crippen LogP contribution in [0.4, 0.5) is 0 Å². The van der Waals surface area contributed by atoms with Crippen LogP contribution in [0.3, 0.4) is 0 Å². The summed E-state index contributed by atoms with van der Waals surface area (Å²) in [6.45, 7) is 6.33. The van der Waals surface area contributed by atoms with Gasteiger partial charge in [0.1, 0.15) is 0 Å². The van der Waals surface area contributed by atoms with Crippen molar-refractivity contribution in [1.29, 1.82) is 0 Å². The van der Waals surface area contributed by atoms with Crippen molar-refractivity contribution in [3.05, 3.63) is 0 Å². The summed E-state index contributed by atoms with van der Waals surface area (Å²) >= 11 is 0. The van der Waals surface area contributed by atoms with Crippen LogP contribution < -0.4 is 5.32 Å². The molecule has 2 N–H and O–H groups in total. The Labute approximate surface area is 91.6 Å². The molecule has 0 heterocycles. The number of hydrogen-bond acceptors (Lipinski definition) is 3. The largest absolute Gasteiger partial charge is 0.389 e. The van der Waals surface area contributed by atoms with E-state index in [0.717, 1.165) is 32.4 Å². The number of nitrogens with zero attached hydrogens (tertiary/aromatic N) is 1. The SMILES string of the molecule is CCN(CC)C(=O)CNCC1(O)CCC1. The van der Waals surface area contributed by atoms with Gasteiger partial charge >= 0.3 is 0 Å². The fourth-order valence-electron chi connectivity index (χ4n) is 1.85. The zero-order valence-corrected chi connectivity index (χ0v) is 9.75. The first kappa shape index (κ1) is 12.5. The molecule has 15 heavy (non-hydrogen) atoms. The third-order valence-corrected chi connectivity index (χ3v) is 3.13. The Hall–Kier alpha value is -0.610. The standard InChI is InChI=1S/C11H22N2O2/c1-3-13(4-2)10(14)8-12-9-11(15)6-5-7-11/h12,15H,3-9H2,1-2H3. The summed E-state index contributed by atoms with van der Waals surface area (Å²) in [5.74, 6) is 0.114. The predicted octanol–water partition coefficient (Wildman–Crippen LogP) is 0.359. The Kier molecular flexibility index (Phi) is 4.54. The van der Waals surface area contributed by atoms with Gasteiger partial charge in [-0.1, -0.05) is 0 Å². The van der Waals surface area contributed by atoms with E-state index in [1.807, 2.05) is 13.8 Å². The third kappa shape index (κ3) is 3.47. The molecule has 0 aliphatic heterocycles. The van der Waals surface area contributed by atoms with Crippen LogP contribution in [-0.2, 0) is 4.79 Å². The summed E-state index contributed by atoms with van der Waals surface area (Å²) in [6.07, 6.45) is 2.82. The van der Waals surface area contributed by atoms with Crippen LogP contribution in [0.25, 0.3) is 0 Å². The maximum absolute atomic E-state index is 11.6. The average molecular weight is 214 g/mol. The molecule has 1 aliphatic rings. The van der Waals surface area contributed by atoms with E-state index in [2.05, 4.69) is 5.32 Å². The molecule has 0 unspecified atom stereocenters. The fourth-order valence-corrected chi connectivity index (χ4v) is 1.85. The van der Waals surface area contributed by atoms with Crippen molar-refractivity contribution >= 4 is 5.91 Å². The molecule has 0 atom stereocenters. The highest BCUT2D eigenvalue weighted by Gasteiger charge is 2.33. The molecular formula is C11H22N2O2. The van der Waals surface area contributed by atoms with Gasteiger partial charge in [-0.2, -0.15) is 0 Å². The van der Waals surface area contributed by atoms with Crippen molar-refractivity contribution in [2.24, 2.45) is 0 Å². The van der Waals surface area contributed by atoms with Crippen molar-refractivity contribution in [2.45, 2.75) is 38.7 Å². The maximum atomic E-state index is 11.6. The van der Waals surface area contributed by atoms with Crippen LogP contribution >= 0.6 is 0 Å². The van der Waals surface area contributed by atoms with E-state index in [9.17, 15) is 9.90 Å². The Morgan fingerprint density at radius 3 is 2.40 bits per heavy atom. The van der Waals surface area contributed by atoms with Crippen molar-refractivity contribution in [2.75, 3.05) is 26.2 Å². The second kappa shape index (κ2) is 5.47. The summed E-state index contributed by atoms with van der Waals surface area (Å²) in [5.41, 5.74) is -0.538. The molecule has 1 rings (SSSR count). The second-order valence-electron chi connectivity index (χ2n) is 4.25. The number of rotatable bonds is 6. The van der Waals surface area contributed by atoms with Crippen LogP contribution in [0, 0.1) is 0 Å². The van der Waals surface area contributed by atoms with E-state index >= 15 is 0 Å². The van der Waals surface area contributed by atoms with Gasteiger partial charge in [0.25, 0.3) is 0 Å². The molecule has 0 aromatic carbocycles. The van der Waals surface area contributed by atoms with Crippen molar-refractivity contribution in [3.8, 4) is 0 Å². The first-order valence-corrected chi connectivity index (χ1v) is 5.82. The van der Waals surface area contributed by atoms with Gasteiger partial charge in [0.2, 0.25) is 5.91 Å². The maximum Gasteiger partial charge on any atom is 0.236 e. The molecule has 0 spiro atoms. The molecular weight excluding hydrogens is 192 g/mol. The highest BCUT2D eigenvalue weighted by Crippen LogP contribution is 2.30. The van der Waals surface area contributed by atoms with Gasteiger partial charge in [0, 0.05) is 19.6 Å². The summed E-state index contributed by atoms with van der Waals surface area (Å²) in [7, 11) is 0. The third-order valence-electron chi connectivity index (χ3n) is 3.13. The van der Waals surface area contributed by atoms with Crippen molar-refractivity contribution in [3.63, 3.8) is 0 Å². The molecule has 0 radical (unpaired) electrons. The molecule has 0 aromatic rings. The fraction of sp³-hybridized carbons (Fsp3) is 0.909. The number of amides is 1. The Balaban J connectivity index is 2.16. The van der Waals surface area contributed by atoms with Crippen LogP contribution in [0.1, 0.15) is 33.1 Å². The van der Waals surface area contributed by atoms with Crippen LogP contribution in [0.5, 0.6) is 0 Å². The zero-order chi connectivity index (χ0) is 11.3. The van der Waals surface area contributed by atoms with E-state index in [-0.39, 0.29) is 5.91 Å². The lowest BCUT2D eigenvalue weighted by Crippen LogP contribution is -2.48. The molecule has 0 aromatic heterocycles. The molecule has 1 aliphatic carbocycles. The van der Waals surface area contributed by atoms with Crippen molar-refractivity contribution < 1.29 is 9.90 Å². The molecule has 0 saturated heterocycles.